The van der Waals surface area contributed by atoms with E-state index in [0.717, 1.165) is 17.7 Å². The number of ether oxygens (including phenoxy) is 1. The summed E-state index contributed by atoms with van der Waals surface area (Å²) in [7, 11) is 1.63. The van der Waals surface area contributed by atoms with Gasteiger partial charge in [-0.2, -0.15) is 0 Å². The minimum Gasteiger partial charge on any atom is -0.497 e. The Balaban J connectivity index is 1.52. The summed E-state index contributed by atoms with van der Waals surface area (Å²) in [4.78, 5) is 28.7. The van der Waals surface area contributed by atoms with Crippen molar-refractivity contribution in [2.45, 2.75) is 19.3 Å². The molecule has 0 atom stereocenters. The molecule has 1 fully saturated rings. The monoisotopic (exact) mass is 384 g/mol. The molecule has 3 rings (SSSR count). The molecular weight excluding hydrogens is 359 g/mol. The summed E-state index contributed by atoms with van der Waals surface area (Å²) in [5.74, 6) is 0.282. The van der Waals surface area contributed by atoms with E-state index in [1.165, 1.54) is 18.2 Å². The molecule has 0 bridgehead atoms. The molecule has 1 heterocycles. The first-order valence-electron chi connectivity index (χ1n) is 9.52. The Bertz CT molecular complexity index is 823. The smallest absolute Gasteiger partial charge is 0.254 e. The third-order valence-electron chi connectivity index (χ3n) is 4.99. The summed E-state index contributed by atoms with van der Waals surface area (Å²) in [6.45, 7) is 2.16. The van der Waals surface area contributed by atoms with Gasteiger partial charge in [-0.3, -0.25) is 9.59 Å². The van der Waals surface area contributed by atoms with Gasteiger partial charge in [0.2, 0.25) is 5.91 Å². The lowest BCUT2D eigenvalue weighted by Crippen LogP contribution is -2.37. The zero-order valence-electron chi connectivity index (χ0n) is 16.1. The van der Waals surface area contributed by atoms with Crippen LogP contribution in [0.3, 0.4) is 0 Å². The second kappa shape index (κ2) is 9.35. The predicted molar refractivity (Wildman–Crippen MR) is 105 cm³/mol. The van der Waals surface area contributed by atoms with Crippen LogP contribution in [-0.2, 0) is 11.2 Å². The van der Waals surface area contributed by atoms with Crippen molar-refractivity contribution >= 4 is 11.8 Å². The van der Waals surface area contributed by atoms with E-state index in [-0.39, 0.29) is 11.8 Å². The van der Waals surface area contributed by atoms with Gasteiger partial charge in [0.15, 0.2) is 0 Å². The first kappa shape index (κ1) is 19.9. The maximum Gasteiger partial charge on any atom is 0.254 e. The number of carbonyl (C=O) groups excluding carboxylic acids is 2. The van der Waals surface area contributed by atoms with Crippen LogP contribution in [0, 0.1) is 5.82 Å². The lowest BCUT2D eigenvalue weighted by atomic mass is 10.1. The molecule has 0 radical (unpaired) electrons. The Morgan fingerprint density at radius 1 is 1.00 bits per heavy atom. The molecular formula is C22H25FN2O3. The second-order valence-corrected chi connectivity index (χ2v) is 6.88. The van der Waals surface area contributed by atoms with Crippen LogP contribution in [-0.4, -0.2) is 54.9 Å². The number of carbonyl (C=O) groups is 2. The average molecular weight is 384 g/mol. The number of hydrogen-bond acceptors (Lipinski definition) is 3. The number of hydrogen-bond donors (Lipinski definition) is 0. The molecule has 1 saturated heterocycles. The van der Waals surface area contributed by atoms with Crippen molar-refractivity contribution in [3.05, 3.63) is 65.5 Å². The van der Waals surface area contributed by atoms with Crippen molar-refractivity contribution in [1.29, 1.82) is 0 Å². The van der Waals surface area contributed by atoms with Crippen LogP contribution >= 0.6 is 0 Å². The highest BCUT2D eigenvalue weighted by atomic mass is 19.1. The number of aryl methyl sites for hydroxylation is 1. The molecule has 0 aliphatic carbocycles. The van der Waals surface area contributed by atoms with Crippen molar-refractivity contribution < 1.29 is 18.7 Å². The molecule has 2 amide bonds. The minimum atomic E-state index is -0.420. The molecule has 28 heavy (non-hydrogen) atoms. The van der Waals surface area contributed by atoms with E-state index in [0.29, 0.717) is 44.6 Å². The largest absolute Gasteiger partial charge is 0.497 e. The lowest BCUT2D eigenvalue weighted by Gasteiger charge is -2.22. The van der Waals surface area contributed by atoms with Crippen molar-refractivity contribution in [1.82, 2.24) is 9.80 Å². The van der Waals surface area contributed by atoms with Gasteiger partial charge in [-0.1, -0.05) is 18.2 Å². The molecule has 0 saturated carbocycles. The first-order valence-corrected chi connectivity index (χ1v) is 9.52. The Labute approximate surface area is 164 Å². The quantitative estimate of drug-likeness (QED) is 0.796. The topological polar surface area (TPSA) is 49.9 Å². The fourth-order valence-corrected chi connectivity index (χ4v) is 3.38. The van der Waals surface area contributed by atoms with Gasteiger partial charge in [0.25, 0.3) is 5.91 Å². The number of methoxy groups -OCH3 is 1. The molecule has 1 aliphatic rings. The molecule has 5 nitrogen and oxygen atoms in total. The highest BCUT2D eigenvalue weighted by Crippen LogP contribution is 2.15. The van der Waals surface area contributed by atoms with E-state index in [1.807, 2.05) is 29.2 Å². The van der Waals surface area contributed by atoms with Crippen LogP contribution in [0.2, 0.25) is 0 Å². The summed E-state index contributed by atoms with van der Waals surface area (Å²) in [5, 5.41) is 0. The van der Waals surface area contributed by atoms with E-state index in [9.17, 15) is 14.0 Å². The van der Waals surface area contributed by atoms with Crippen LogP contribution in [0.15, 0.2) is 48.5 Å². The Kier molecular flexibility index (Phi) is 6.63. The van der Waals surface area contributed by atoms with Gasteiger partial charge in [-0.05, 0) is 48.7 Å². The third kappa shape index (κ3) is 5.09. The molecule has 2 aromatic rings. The number of halogens is 1. The zero-order chi connectivity index (χ0) is 19.9. The van der Waals surface area contributed by atoms with Crippen molar-refractivity contribution in [3.63, 3.8) is 0 Å². The van der Waals surface area contributed by atoms with E-state index >= 15 is 0 Å². The number of nitrogens with zero attached hydrogens (tertiary/aromatic N) is 2. The molecule has 0 spiro atoms. The number of rotatable bonds is 5. The Morgan fingerprint density at radius 3 is 2.43 bits per heavy atom. The zero-order valence-corrected chi connectivity index (χ0v) is 16.1. The number of benzene rings is 2. The van der Waals surface area contributed by atoms with Crippen molar-refractivity contribution in [2.75, 3.05) is 33.3 Å². The fourth-order valence-electron chi connectivity index (χ4n) is 3.38. The minimum absolute atomic E-state index is 0.0934. The van der Waals surface area contributed by atoms with Crippen LogP contribution < -0.4 is 4.74 Å². The van der Waals surface area contributed by atoms with Gasteiger partial charge in [0.1, 0.15) is 11.6 Å². The highest BCUT2D eigenvalue weighted by Gasteiger charge is 2.22. The van der Waals surface area contributed by atoms with Crippen LogP contribution in [0.4, 0.5) is 4.39 Å². The van der Waals surface area contributed by atoms with Gasteiger partial charge in [-0.15, -0.1) is 0 Å². The maximum absolute atomic E-state index is 13.4. The fraction of sp³-hybridized carbons (Fsp3) is 0.364. The van der Waals surface area contributed by atoms with Crippen molar-refractivity contribution in [3.8, 4) is 5.75 Å². The van der Waals surface area contributed by atoms with Crippen molar-refractivity contribution in [2.24, 2.45) is 0 Å². The predicted octanol–water partition coefficient (Wildman–Crippen LogP) is 3.14. The summed E-state index contributed by atoms with van der Waals surface area (Å²) in [6.07, 6.45) is 1.82. The highest BCUT2D eigenvalue weighted by molar-refractivity contribution is 5.94. The molecule has 6 heteroatoms. The van der Waals surface area contributed by atoms with Gasteiger partial charge in [0, 0.05) is 38.2 Å². The van der Waals surface area contributed by atoms with Crippen LogP contribution in [0.1, 0.15) is 28.8 Å². The summed E-state index contributed by atoms with van der Waals surface area (Å²) in [5.41, 5.74) is 1.44. The molecule has 1 aliphatic heterocycles. The molecule has 2 aromatic carbocycles. The standard InChI is InChI=1S/C22H25FN2O3/c1-28-20-9-6-17(7-10-20)8-11-21(26)24-12-3-13-25(15-14-24)22(27)18-4-2-5-19(23)16-18/h2,4-7,9-10,16H,3,8,11-15H2,1H3. The Morgan fingerprint density at radius 2 is 1.71 bits per heavy atom. The number of amides is 2. The van der Waals surface area contributed by atoms with E-state index in [4.69, 9.17) is 4.74 Å². The van der Waals surface area contributed by atoms with E-state index in [2.05, 4.69) is 0 Å². The summed E-state index contributed by atoms with van der Waals surface area (Å²) >= 11 is 0. The molecule has 0 aromatic heterocycles. The molecule has 0 N–H and O–H groups in total. The van der Waals surface area contributed by atoms with Crippen LogP contribution in [0.25, 0.3) is 0 Å². The van der Waals surface area contributed by atoms with E-state index < -0.39 is 5.82 Å². The van der Waals surface area contributed by atoms with Crippen LogP contribution in [0.5, 0.6) is 5.75 Å². The maximum atomic E-state index is 13.4. The second-order valence-electron chi connectivity index (χ2n) is 6.88. The first-order chi connectivity index (χ1) is 13.6. The Hall–Kier alpha value is -2.89. The van der Waals surface area contributed by atoms with Gasteiger partial charge in [0.05, 0.1) is 7.11 Å². The molecule has 0 unspecified atom stereocenters. The lowest BCUT2D eigenvalue weighted by molar-refractivity contribution is -0.131. The summed E-state index contributed by atoms with van der Waals surface area (Å²) < 4.78 is 18.5. The van der Waals surface area contributed by atoms with Gasteiger partial charge < -0.3 is 14.5 Å². The average Bonchev–Trinajstić information content (AvgIpc) is 2.98. The van der Waals surface area contributed by atoms with E-state index in [1.54, 1.807) is 18.1 Å². The summed E-state index contributed by atoms with van der Waals surface area (Å²) in [6, 6.07) is 13.4. The third-order valence-corrected chi connectivity index (χ3v) is 4.99. The SMILES string of the molecule is COc1ccc(CCC(=O)N2CCCN(C(=O)c3cccc(F)c3)CC2)cc1. The normalized spacial score (nSPS) is 14.5. The van der Waals surface area contributed by atoms with Gasteiger partial charge >= 0.3 is 0 Å². The molecule has 148 valence electrons. The van der Waals surface area contributed by atoms with Gasteiger partial charge in [-0.25, -0.2) is 4.39 Å².